The molecule has 2 heterocycles. The summed E-state index contributed by atoms with van der Waals surface area (Å²) < 4.78 is 1.63. The van der Waals surface area contributed by atoms with Gasteiger partial charge in [-0.15, -0.1) is 5.10 Å². The Bertz CT molecular complexity index is 758. The zero-order valence-electron chi connectivity index (χ0n) is 14.4. The van der Waals surface area contributed by atoms with Crippen LogP contribution in [0.25, 0.3) is 0 Å². The molecule has 8 nitrogen and oxygen atoms in total. The third-order valence-electron chi connectivity index (χ3n) is 4.32. The molecule has 0 bridgehead atoms. The van der Waals surface area contributed by atoms with Gasteiger partial charge in [0.1, 0.15) is 11.7 Å². The van der Waals surface area contributed by atoms with E-state index in [2.05, 4.69) is 20.9 Å². The fourth-order valence-electron chi connectivity index (χ4n) is 2.88. The first kappa shape index (κ1) is 16.9. The van der Waals surface area contributed by atoms with Crippen LogP contribution in [0, 0.1) is 0 Å². The van der Waals surface area contributed by atoms with Gasteiger partial charge in [-0.05, 0) is 18.9 Å². The van der Waals surface area contributed by atoms with Crippen molar-refractivity contribution in [2.45, 2.75) is 32.5 Å². The highest BCUT2D eigenvalue weighted by atomic mass is 16.2. The zero-order valence-corrected chi connectivity index (χ0v) is 14.4. The van der Waals surface area contributed by atoms with Crippen LogP contribution in [0.1, 0.15) is 29.9 Å². The van der Waals surface area contributed by atoms with Crippen LogP contribution in [0.4, 0.5) is 4.79 Å². The average Bonchev–Trinajstić information content (AvgIpc) is 3.02. The molecule has 8 heteroatoms. The molecule has 1 aromatic heterocycles. The summed E-state index contributed by atoms with van der Waals surface area (Å²) in [7, 11) is 1.75. The first-order valence-electron chi connectivity index (χ1n) is 8.30. The smallest absolute Gasteiger partial charge is 0.315 e. The van der Waals surface area contributed by atoms with Crippen LogP contribution < -0.4 is 10.6 Å². The van der Waals surface area contributed by atoms with Crippen molar-refractivity contribution in [3.8, 4) is 0 Å². The predicted molar refractivity (Wildman–Crippen MR) is 91.6 cm³/mol. The minimum Gasteiger partial charge on any atom is -0.338 e. The van der Waals surface area contributed by atoms with E-state index in [1.807, 2.05) is 30.3 Å². The number of nitrogens with zero attached hydrogens (tertiary/aromatic N) is 4. The quantitative estimate of drug-likeness (QED) is 0.843. The summed E-state index contributed by atoms with van der Waals surface area (Å²) in [6, 6.07) is 9.37. The SMILES string of the molecule is CC1C(=O)N(C)Cc2c(CNC(=O)NCCc3ccccc3)nnn21. The summed E-state index contributed by atoms with van der Waals surface area (Å²) in [6.45, 7) is 3.08. The maximum absolute atomic E-state index is 12.0. The van der Waals surface area contributed by atoms with Crippen molar-refractivity contribution in [2.24, 2.45) is 0 Å². The van der Waals surface area contributed by atoms with Crippen LogP contribution in [-0.4, -0.2) is 45.4 Å². The van der Waals surface area contributed by atoms with E-state index in [4.69, 9.17) is 0 Å². The fraction of sp³-hybridized carbons (Fsp3) is 0.412. The van der Waals surface area contributed by atoms with Gasteiger partial charge in [0.2, 0.25) is 5.91 Å². The number of hydrogen-bond acceptors (Lipinski definition) is 4. The lowest BCUT2D eigenvalue weighted by molar-refractivity contribution is -0.135. The van der Waals surface area contributed by atoms with E-state index in [-0.39, 0.29) is 24.5 Å². The summed E-state index contributed by atoms with van der Waals surface area (Å²) in [5.74, 6) is 0.00978. The third kappa shape index (κ3) is 3.78. The molecule has 3 amide bonds. The van der Waals surface area contributed by atoms with E-state index in [0.29, 0.717) is 18.8 Å². The Kier molecular flexibility index (Phi) is 4.97. The summed E-state index contributed by atoms with van der Waals surface area (Å²) in [4.78, 5) is 25.5. The maximum Gasteiger partial charge on any atom is 0.315 e. The number of likely N-dealkylation sites (N-methyl/N-ethyl adjacent to an activating group) is 1. The number of hydrogen-bond donors (Lipinski definition) is 2. The summed E-state index contributed by atoms with van der Waals surface area (Å²) in [6.07, 6.45) is 0.778. The van der Waals surface area contributed by atoms with Gasteiger partial charge in [0.25, 0.3) is 0 Å². The highest BCUT2D eigenvalue weighted by Gasteiger charge is 2.30. The monoisotopic (exact) mass is 342 g/mol. The number of aromatic nitrogens is 3. The van der Waals surface area contributed by atoms with Crippen molar-refractivity contribution >= 4 is 11.9 Å². The van der Waals surface area contributed by atoms with E-state index >= 15 is 0 Å². The lowest BCUT2D eigenvalue weighted by atomic mass is 10.1. The summed E-state index contributed by atoms with van der Waals surface area (Å²) in [5, 5.41) is 13.8. The van der Waals surface area contributed by atoms with E-state index in [0.717, 1.165) is 12.1 Å². The highest BCUT2D eigenvalue weighted by molar-refractivity contribution is 5.80. The number of urea groups is 1. The highest BCUT2D eigenvalue weighted by Crippen LogP contribution is 2.21. The lowest BCUT2D eigenvalue weighted by Crippen LogP contribution is -2.40. The lowest BCUT2D eigenvalue weighted by Gasteiger charge is -2.28. The van der Waals surface area contributed by atoms with Gasteiger partial charge >= 0.3 is 6.03 Å². The van der Waals surface area contributed by atoms with Crippen LogP contribution in [0.15, 0.2) is 30.3 Å². The Labute approximate surface area is 146 Å². The summed E-state index contributed by atoms with van der Waals surface area (Å²) in [5.41, 5.74) is 2.72. The number of amides is 3. The third-order valence-corrected chi connectivity index (χ3v) is 4.32. The first-order valence-corrected chi connectivity index (χ1v) is 8.30. The van der Waals surface area contributed by atoms with Crippen molar-refractivity contribution in [1.29, 1.82) is 0 Å². The molecular formula is C17H22N6O2. The van der Waals surface area contributed by atoms with Crippen LogP contribution in [-0.2, 0) is 24.3 Å². The Hall–Kier alpha value is -2.90. The normalized spacial score (nSPS) is 16.5. The second-order valence-corrected chi connectivity index (χ2v) is 6.14. The molecule has 1 aliphatic heterocycles. The molecule has 132 valence electrons. The van der Waals surface area contributed by atoms with Gasteiger partial charge < -0.3 is 15.5 Å². The zero-order chi connectivity index (χ0) is 17.8. The minimum absolute atomic E-state index is 0.00978. The number of rotatable bonds is 5. The van der Waals surface area contributed by atoms with Gasteiger partial charge in [0.15, 0.2) is 0 Å². The van der Waals surface area contributed by atoms with Crippen molar-refractivity contribution in [2.75, 3.05) is 13.6 Å². The summed E-state index contributed by atoms with van der Waals surface area (Å²) >= 11 is 0. The Balaban J connectivity index is 1.50. The van der Waals surface area contributed by atoms with Gasteiger partial charge in [0.05, 0.1) is 18.8 Å². The number of fused-ring (bicyclic) bond motifs is 1. The van der Waals surface area contributed by atoms with Crippen molar-refractivity contribution in [1.82, 2.24) is 30.5 Å². The first-order chi connectivity index (χ1) is 12.1. The van der Waals surface area contributed by atoms with Crippen LogP contribution in [0.2, 0.25) is 0 Å². The molecule has 2 N–H and O–H groups in total. The van der Waals surface area contributed by atoms with Crippen molar-refractivity contribution in [3.05, 3.63) is 47.3 Å². The van der Waals surface area contributed by atoms with E-state index in [1.165, 1.54) is 5.56 Å². The second-order valence-electron chi connectivity index (χ2n) is 6.14. The van der Waals surface area contributed by atoms with Crippen LogP contribution in [0.5, 0.6) is 0 Å². The number of benzene rings is 1. The molecule has 0 fully saturated rings. The van der Waals surface area contributed by atoms with E-state index < -0.39 is 0 Å². The fourth-order valence-corrected chi connectivity index (χ4v) is 2.88. The molecule has 1 atom stereocenters. The van der Waals surface area contributed by atoms with Crippen molar-refractivity contribution < 1.29 is 9.59 Å². The van der Waals surface area contributed by atoms with Gasteiger partial charge in [0, 0.05) is 13.6 Å². The molecule has 1 aromatic carbocycles. The molecule has 0 aliphatic carbocycles. The largest absolute Gasteiger partial charge is 0.338 e. The molecule has 0 saturated heterocycles. The number of carbonyl (C=O) groups excluding carboxylic acids is 2. The van der Waals surface area contributed by atoms with Crippen molar-refractivity contribution in [3.63, 3.8) is 0 Å². The molecular weight excluding hydrogens is 320 g/mol. The molecule has 0 radical (unpaired) electrons. The van der Waals surface area contributed by atoms with Gasteiger partial charge in [-0.1, -0.05) is 35.5 Å². The minimum atomic E-state index is -0.366. The molecule has 0 spiro atoms. The van der Waals surface area contributed by atoms with Crippen LogP contribution in [0.3, 0.4) is 0 Å². The number of carbonyl (C=O) groups is 2. The average molecular weight is 342 g/mol. The predicted octanol–water partition coefficient (Wildman–Crippen LogP) is 0.853. The number of nitrogens with one attached hydrogen (secondary N) is 2. The molecule has 25 heavy (non-hydrogen) atoms. The molecule has 1 unspecified atom stereocenters. The maximum atomic E-state index is 12.0. The van der Waals surface area contributed by atoms with Gasteiger partial charge in [-0.2, -0.15) is 0 Å². The van der Waals surface area contributed by atoms with E-state index in [9.17, 15) is 9.59 Å². The van der Waals surface area contributed by atoms with Gasteiger partial charge in [-0.25, -0.2) is 9.48 Å². The van der Waals surface area contributed by atoms with E-state index in [1.54, 1.807) is 23.6 Å². The second kappa shape index (κ2) is 7.33. The van der Waals surface area contributed by atoms with Crippen LogP contribution >= 0.6 is 0 Å². The topological polar surface area (TPSA) is 92.2 Å². The van der Waals surface area contributed by atoms with Gasteiger partial charge in [-0.3, -0.25) is 4.79 Å². The molecule has 0 saturated carbocycles. The molecule has 2 aromatic rings. The Morgan fingerprint density at radius 2 is 2.04 bits per heavy atom. The molecule has 1 aliphatic rings. The Morgan fingerprint density at radius 3 is 2.80 bits per heavy atom. The standard InChI is InChI=1S/C17H22N6O2/c1-12-16(24)22(2)11-15-14(20-21-23(12)15)10-19-17(25)18-9-8-13-6-4-3-5-7-13/h3-7,12H,8-11H2,1-2H3,(H2,18,19,25). The molecule has 3 rings (SSSR count). The Morgan fingerprint density at radius 1 is 1.28 bits per heavy atom.